The lowest BCUT2D eigenvalue weighted by molar-refractivity contribution is -0.137. The zero-order valence-electron chi connectivity index (χ0n) is 16.9. The Balaban J connectivity index is 1.81. The molecule has 1 fully saturated rings. The topological polar surface area (TPSA) is 104 Å². The SMILES string of the molecule is COC(=O)Nc1c(Br)ccc2c(-c3nc(N[C@H]4CCCNC4)ncc3C(F)(F)F)c[nH]c12. The van der Waals surface area contributed by atoms with Gasteiger partial charge in [0.1, 0.15) is 5.56 Å². The number of nitrogens with one attached hydrogen (secondary N) is 4. The van der Waals surface area contributed by atoms with Crippen LogP contribution in [0, 0.1) is 0 Å². The lowest BCUT2D eigenvalue weighted by atomic mass is 10.0. The van der Waals surface area contributed by atoms with E-state index in [-0.39, 0.29) is 23.2 Å². The van der Waals surface area contributed by atoms with Crippen LogP contribution in [0.15, 0.2) is 29.0 Å². The van der Waals surface area contributed by atoms with Crippen LogP contribution in [0.4, 0.5) is 29.6 Å². The Bertz CT molecular complexity index is 1140. The van der Waals surface area contributed by atoms with E-state index in [9.17, 15) is 18.0 Å². The number of carbonyl (C=O) groups excluding carboxylic acids is 1. The summed E-state index contributed by atoms with van der Waals surface area (Å²) in [6.45, 7) is 1.59. The molecule has 0 saturated carbocycles. The van der Waals surface area contributed by atoms with Crippen LogP contribution in [0.1, 0.15) is 18.4 Å². The number of piperidine rings is 1. The fraction of sp³-hybridized carbons (Fsp3) is 0.350. The van der Waals surface area contributed by atoms with Gasteiger partial charge in [0.25, 0.3) is 0 Å². The van der Waals surface area contributed by atoms with Crippen molar-refractivity contribution in [2.24, 2.45) is 0 Å². The van der Waals surface area contributed by atoms with Crippen molar-refractivity contribution in [2.75, 3.05) is 30.8 Å². The molecule has 1 atom stereocenters. The van der Waals surface area contributed by atoms with Gasteiger partial charge in [-0.15, -0.1) is 0 Å². The molecular formula is C20H20BrF3N6O2. The van der Waals surface area contributed by atoms with Crippen LogP contribution in [0.5, 0.6) is 0 Å². The number of carbonyl (C=O) groups is 1. The first-order valence-corrected chi connectivity index (χ1v) is 10.6. The molecule has 1 amide bonds. The Labute approximate surface area is 189 Å². The minimum atomic E-state index is -4.65. The van der Waals surface area contributed by atoms with Crippen molar-refractivity contribution in [1.29, 1.82) is 0 Å². The Kier molecular flexibility index (Phi) is 6.24. The van der Waals surface area contributed by atoms with E-state index >= 15 is 0 Å². The van der Waals surface area contributed by atoms with Gasteiger partial charge in [0.2, 0.25) is 5.95 Å². The monoisotopic (exact) mass is 512 g/mol. The number of ether oxygens (including phenoxy) is 1. The third-order valence-electron chi connectivity index (χ3n) is 5.20. The van der Waals surface area contributed by atoms with E-state index in [4.69, 9.17) is 0 Å². The fourth-order valence-corrected chi connectivity index (χ4v) is 4.10. The maximum absolute atomic E-state index is 13.8. The van der Waals surface area contributed by atoms with Gasteiger partial charge in [0.05, 0.1) is 24.0 Å². The number of H-pyrrole nitrogens is 1. The smallest absolute Gasteiger partial charge is 0.419 e. The molecule has 2 aromatic heterocycles. The van der Waals surface area contributed by atoms with Crippen molar-refractivity contribution in [3.8, 4) is 11.3 Å². The van der Waals surface area contributed by atoms with E-state index in [0.29, 0.717) is 27.6 Å². The maximum Gasteiger partial charge on any atom is 0.419 e. The normalized spacial score (nSPS) is 16.7. The van der Waals surface area contributed by atoms with Crippen LogP contribution in [-0.4, -0.2) is 47.3 Å². The van der Waals surface area contributed by atoms with Gasteiger partial charge in [0.15, 0.2) is 0 Å². The zero-order chi connectivity index (χ0) is 22.9. The van der Waals surface area contributed by atoms with E-state index in [0.717, 1.165) is 25.6 Å². The third kappa shape index (κ3) is 4.51. The highest BCUT2D eigenvalue weighted by Gasteiger charge is 2.36. The van der Waals surface area contributed by atoms with Gasteiger partial charge in [-0.2, -0.15) is 13.2 Å². The Morgan fingerprint density at radius 3 is 2.84 bits per heavy atom. The van der Waals surface area contributed by atoms with Gasteiger partial charge in [0, 0.05) is 40.4 Å². The van der Waals surface area contributed by atoms with Gasteiger partial charge >= 0.3 is 12.3 Å². The first-order chi connectivity index (χ1) is 15.3. The number of hydrogen-bond donors (Lipinski definition) is 4. The van der Waals surface area contributed by atoms with E-state index < -0.39 is 17.8 Å². The van der Waals surface area contributed by atoms with Crippen LogP contribution >= 0.6 is 15.9 Å². The van der Waals surface area contributed by atoms with Crippen LogP contribution < -0.4 is 16.0 Å². The van der Waals surface area contributed by atoms with E-state index in [1.807, 2.05) is 0 Å². The number of benzene rings is 1. The third-order valence-corrected chi connectivity index (χ3v) is 5.86. The number of hydrogen-bond acceptors (Lipinski definition) is 6. The molecule has 0 unspecified atom stereocenters. The average Bonchev–Trinajstić information content (AvgIpc) is 3.19. The van der Waals surface area contributed by atoms with Gasteiger partial charge in [-0.05, 0) is 41.4 Å². The Morgan fingerprint density at radius 1 is 1.34 bits per heavy atom. The summed E-state index contributed by atoms with van der Waals surface area (Å²) >= 11 is 3.34. The van der Waals surface area contributed by atoms with Crippen LogP contribution in [0.2, 0.25) is 0 Å². The largest absolute Gasteiger partial charge is 0.453 e. The van der Waals surface area contributed by atoms with E-state index in [2.05, 4.69) is 51.6 Å². The van der Waals surface area contributed by atoms with Gasteiger partial charge in [-0.25, -0.2) is 14.8 Å². The predicted molar refractivity (Wildman–Crippen MR) is 118 cm³/mol. The quantitative estimate of drug-likeness (QED) is 0.402. The number of amides is 1. The molecule has 0 aliphatic carbocycles. The lowest BCUT2D eigenvalue weighted by Crippen LogP contribution is -2.38. The molecule has 1 aliphatic rings. The minimum absolute atomic E-state index is 0.0307. The summed E-state index contributed by atoms with van der Waals surface area (Å²) in [7, 11) is 1.22. The molecule has 12 heteroatoms. The number of alkyl halides is 3. The molecule has 32 heavy (non-hydrogen) atoms. The Morgan fingerprint density at radius 2 is 2.16 bits per heavy atom. The van der Waals surface area contributed by atoms with Crippen molar-refractivity contribution in [3.05, 3.63) is 34.6 Å². The average molecular weight is 513 g/mol. The van der Waals surface area contributed by atoms with Crippen molar-refractivity contribution in [3.63, 3.8) is 0 Å². The standard InChI is InChI=1S/C20H20BrF3N6O2/c1-32-19(31)30-17-14(21)5-4-11-12(8-26-16(11)17)15-13(20(22,23)24)9-27-18(29-15)28-10-3-2-6-25-7-10/h4-5,8-10,25-26H,2-3,6-7H2,1H3,(H,30,31)(H,27,28,29)/t10-/m0/s1. The molecule has 8 nitrogen and oxygen atoms in total. The van der Waals surface area contributed by atoms with Crippen LogP contribution in [-0.2, 0) is 10.9 Å². The molecule has 0 spiro atoms. The Hall–Kier alpha value is -2.86. The van der Waals surface area contributed by atoms with Crippen molar-refractivity contribution < 1.29 is 22.7 Å². The maximum atomic E-state index is 13.8. The second-order valence-corrected chi connectivity index (χ2v) is 8.16. The molecule has 4 rings (SSSR count). The molecular weight excluding hydrogens is 493 g/mol. The molecule has 1 aromatic carbocycles. The predicted octanol–water partition coefficient (Wildman–Crippen LogP) is 4.75. The first-order valence-electron chi connectivity index (χ1n) is 9.84. The first kappa shape index (κ1) is 22.3. The molecule has 1 aliphatic heterocycles. The number of aromatic amines is 1. The molecule has 3 heterocycles. The van der Waals surface area contributed by atoms with Crippen molar-refractivity contribution in [2.45, 2.75) is 25.1 Å². The summed E-state index contributed by atoms with van der Waals surface area (Å²) in [5.74, 6) is 0.126. The second-order valence-electron chi connectivity index (χ2n) is 7.31. The summed E-state index contributed by atoms with van der Waals surface area (Å²) in [4.78, 5) is 22.8. The summed E-state index contributed by atoms with van der Waals surface area (Å²) < 4.78 is 46.5. The highest BCUT2D eigenvalue weighted by Crippen LogP contribution is 2.41. The lowest BCUT2D eigenvalue weighted by Gasteiger charge is -2.24. The summed E-state index contributed by atoms with van der Waals surface area (Å²) in [6, 6.07) is 3.31. The second kappa shape index (κ2) is 8.94. The number of halogens is 4. The number of rotatable bonds is 4. The molecule has 170 valence electrons. The zero-order valence-corrected chi connectivity index (χ0v) is 18.5. The summed E-state index contributed by atoms with van der Waals surface area (Å²) in [5, 5.41) is 9.37. The fourth-order valence-electron chi connectivity index (χ4n) is 3.67. The van der Waals surface area contributed by atoms with Gasteiger partial charge in [-0.3, -0.25) is 5.32 Å². The molecule has 0 bridgehead atoms. The molecule has 0 radical (unpaired) electrons. The highest BCUT2D eigenvalue weighted by molar-refractivity contribution is 9.10. The minimum Gasteiger partial charge on any atom is -0.453 e. The van der Waals surface area contributed by atoms with Crippen molar-refractivity contribution in [1.82, 2.24) is 20.3 Å². The van der Waals surface area contributed by atoms with Crippen LogP contribution in [0.3, 0.4) is 0 Å². The number of anilines is 2. The van der Waals surface area contributed by atoms with Gasteiger partial charge in [-0.1, -0.05) is 6.07 Å². The molecule has 4 N–H and O–H groups in total. The number of fused-ring (bicyclic) bond motifs is 1. The van der Waals surface area contributed by atoms with E-state index in [1.165, 1.54) is 13.3 Å². The molecule has 1 saturated heterocycles. The summed E-state index contributed by atoms with van der Waals surface area (Å²) in [5.41, 5.74) is -0.195. The van der Waals surface area contributed by atoms with E-state index in [1.54, 1.807) is 12.1 Å². The number of nitrogens with zero attached hydrogens (tertiary/aromatic N) is 2. The highest BCUT2D eigenvalue weighted by atomic mass is 79.9. The number of aromatic nitrogens is 3. The van der Waals surface area contributed by atoms with Crippen molar-refractivity contribution >= 4 is 44.6 Å². The van der Waals surface area contributed by atoms with Gasteiger partial charge < -0.3 is 20.4 Å². The summed E-state index contributed by atoms with van der Waals surface area (Å²) in [6.07, 6.45) is -1.30. The molecule has 3 aromatic rings. The number of methoxy groups -OCH3 is 1. The van der Waals surface area contributed by atoms with Crippen LogP contribution in [0.25, 0.3) is 22.2 Å².